The van der Waals surface area contributed by atoms with Gasteiger partial charge in [-0.1, -0.05) is 54.5 Å². The molecular formula is C26H24F3N3O. The van der Waals surface area contributed by atoms with Crippen molar-refractivity contribution in [3.63, 3.8) is 0 Å². The van der Waals surface area contributed by atoms with Crippen molar-refractivity contribution in [1.29, 1.82) is 0 Å². The summed E-state index contributed by atoms with van der Waals surface area (Å²) in [7, 11) is 1.89. The number of alkyl halides is 3. The summed E-state index contributed by atoms with van der Waals surface area (Å²) in [6, 6.07) is 17.0. The van der Waals surface area contributed by atoms with Crippen molar-refractivity contribution >= 4 is 0 Å². The van der Waals surface area contributed by atoms with Gasteiger partial charge in [0, 0.05) is 17.7 Å². The topological polar surface area (TPSA) is 51.0 Å². The quantitative estimate of drug-likeness (QED) is 0.355. The summed E-state index contributed by atoms with van der Waals surface area (Å²) < 4.78 is 47.2. The molecular weight excluding hydrogens is 427 g/mol. The summed E-state index contributed by atoms with van der Waals surface area (Å²) in [5.41, 5.74) is 4.00. The Morgan fingerprint density at radius 1 is 0.909 bits per heavy atom. The van der Waals surface area contributed by atoms with E-state index in [0.29, 0.717) is 11.4 Å². The van der Waals surface area contributed by atoms with Crippen LogP contribution in [0, 0.1) is 6.92 Å². The molecule has 0 saturated heterocycles. The van der Waals surface area contributed by atoms with E-state index < -0.39 is 11.7 Å². The predicted octanol–water partition coefficient (Wildman–Crippen LogP) is 6.68. The second-order valence-corrected chi connectivity index (χ2v) is 7.86. The van der Waals surface area contributed by atoms with Crippen LogP contribution in [0.15, 0.2) is 65.2 Å². The Hall–Kier alpha value is -3.45. The molecule has 4 nitrogen and oxygen atoms in total. The van der Waals surface area contributed by atoms with E-state index in [1.165, 1.54) is 11.6 Å². The minimum Gasteiger partial charge on any atom is -0.334 e. The van der Waals surface area contributed by atoms with Crippen LogP contribution >= 0.6 is 0 Å². The minimum absolute atomic E-state index is 0.0455. The number of nitrogens with zero attached hydrogens (tertiary/aromatic N) is 2. The molecule has 0 aliphatic carbocycles. The second-order valence-electron chi connectivity index (χ2n) is 7.86. The molecule has 4 aromatic rings. The van der Waals surface area contributed by atoms with E-state index in [2.05, 4.69) is 22.4 Å². The Morgan fingerprint density at radius 3 is 2.36 bits per heavy atom. The summed E-state index contributed by atoms with van der Waals surface area (Å²) in [5.74, 6) is 0.386. The highest BCUT2D eigenvalue weighted by Gasteiger charge is 2.34. The normalized spacial score (nSPS) is 11.7. The largest absolute Gasteiger partial charge is 0.417 e. The minimum atomic E-state index is -4.53. The first-order valence-corrected chi connectivity index (χ1v) is 10.7. The lowest BCUT2D eigenvalue weighted by molar-refractivity contribution is -0.137. The molecule has 3 aromatic carbocycles. The summed E-state index contributed by atoms with van der Waals surface area (Å²) in [4.78, 5) is 4.38. The predicted molar refractivity (Wildman–Crippen MR) is 122 cm³/mol. The average Bonchev–Trinajstić information content (AvgIpc) is 3.29. The van der Waals surface area contributed by atoms with E-state index in [1.54, 1.807) is 37.3 Å². The van der Waals surface area contributed by atoms with Crippen LogP contribution in [0.1, 0.15) is 29.2 Å². The fourth-order valence-corrected chi connectivity index (χ4v) is 3.94. The van der Waals surface area contributed by atoms with Crippen LogP contribution in [0.3, 0.4) is 0 Å². The van der Waals surface area contributed by atoms with Crippen molar-refractivity contribution in [3.8, 4) is 34.0 Å². The molecule has 4 rings (SSSR count). The van der Waals surface area contributed by atoms with E-state index >= 15 is 0 Å². The van der Waals surface area contributed by atoms with Gasteiger partial charge < -0.3 is 9.84 Å². The van der Waals surface area contributed by atoms with Crippen molar-refractivity contribution in [2.24, 2.45) is 0 Å². The Balaban J connectivity index is 1.74. The molecule has 0 spiro atoms. The van der Waals surface area contributed by atoms with Gasteiger partial charge in [0.15, 0.2) is 0 Å². The maximum absolute atomic E-state index is 13.9. The van der Waals surface area contributed by atoms with E-state index in [-0.39, 0.29) is 17.0 Å². The number of halogens is 3. The lowest BCUT2D eigenvalue weighted by atomic mass is 9.94. The van der Waals surface area contributed by atoms with Gasteiger partial charge >= 0.3 is 6.18 Å². The van der Waals surface area contributed by atoms with E-state index in [1.807, 2.05) is 25.2 Å². The zero-order chi connectivity index (χ0) is 23.6. The molecule has 0 amide bonds. The smallest absolute Gasteiger partial charge is 0.334 e. The van der Waals surface area contributed by atoms with Crippen LogP contribution in [-0.2, 0) is 19.1 Å². The number of nitrogens with one attached hydrogen (secondary N) is 1. The van der Waals surface area contributed by atoms with Gasteiger partial charge in [-0.2, -0.15) is 18.2 Å². The van der Waals surface area contributed by atoms with E-state index in [4.69, 9.17) is 4.52 Å². The van der Waals surface area contributed by atoms with Crippen molar-refractivity contribution in [2.45, 2.75) is 33.0 Å². The summed E-state index contributed by atoms with van der Waals surface area (Å²) >= 11 is 0. The highest BCUT2D eigenvalue weighted by atomic mass is 19.4. The second kappa shape index (κ2) is 9.19. The average molecular weight is 451 g/mol. The molecule has 0 aliphatic heterocycles. The molecule has 0 saturated carbocycles. The number of rotatable bonds is 6. The molecule has 1 heterocycles. The van der Waals surface area contributed by atoms with Crippen LogP contribution in [0.25, 0.3) is 34.0 Å². The molecule has 0 bridgehead atoms. The molecule has 0 unspecified atom stereocenters. The fraction of sp³-hybridized carbons (Fsp3) is 0.231. The van der Waals surface area contributed by atoms with Gasteiger partial charge in [-0.05, 0) is 66.4 Å². The molecule has 0 fully saturated rings. The number of hydrogen-bond donors (Lipinski definition) is 1. The zero-order valence-corrected chi connectivity index (χ0v) is 18.6. The third-order valence-electron chi connectivity index (χ3n) is 5.65. The highest BCUT2D eigenvalue weighted by Crippen LogP contribution is 2.40. The Labute approximate surface area is 190 Å². The van der Waals surface area contributed by atoms with Crippen molar-refractivity contribution in [2.75, 3.05) is 7.05 Å². The van der Waals surface area contributed by atoms with Crippen molar-refractivity contribution in [3.05, 3.63) is 82.9 Å². The van der Waals surface area contributed by atoms with Gasteiger partial charge in [-0.25, -0.2) is 0 Å². The van der Waals surface area contributed by atoms with Crippen molar-refractivity contribution < 1.29 is 17.7 Å². The molecule has 7 heteroatoms. The van der Waals surface area contributed by atoms with Gasteiger partial charge in [-0.15, -0.1) is 0 Å². The van der Waals surface area contributed by atoms with Crippen molar-refractivity contribution in [1.82, 2.24) is 15.5 Å². The van der Waals surface area contributed by atoms with Gasteiger partial charge in [0.2, 0.25) is 5.82 Å². The number of aryl methyl sites for hydroxylation is 2. The van der Waals surface area contributed by atoms with Gasteiger partial charge in [0.1, 0.15) is 0 Å². The lowest BCUT2D eigenvalue weighted by Crippen LogP contribution is -2.08. The summed E-state index contributed by atoms with van der Waals surface area (Å²) in [6.07, 6.45) is -3.69. The third kappa shape index (κ3) is 4.68. The van der Waals surface area contributed by atoms with Crippen LogP contribution in [0.4, 0.5) is 13.2 Å². The Kier molecular flexibility index (Phi) is 6.33. The van der Waals surface area contributed by atoms with Crippen LogP contribution in [0.5, 0.6) is 0 Å². The van der Waals surface area contributed by atoms with Crippen LogP contribution < -0.4 is 5.32 Å². The Bertz CT molecular complexity index is 1280. The molecule has 1 N–H and O–H groups in total. The standard InChI is InChI=1S/C26H24F3N3O/c1-4-17-13-18(9-10-20(17)15-30-3)24-31-25(33-32-24)19-11-12-22(23(14-19)26(27,28)29)21-8-6-5-7-16(21)2/h5-14,30H,4,15H2,1-3H3. The van der Waals surface area contributed by atoms with Crippen LogP contribution in [-0.4, -0.2) is 17.2 Å². The first kappa shape index (κ1) is 22.7. The molecule has 0 radical (unpaired) electrons. The monoisotopic (exact) mass is 451 g/mol. The number of benzene rings is 3. The number of aromatic nitrogens is 2. The molecule has 33 heavy (non-hydrogen) atoms. The van der Waals surface area contributed by atoms with E-state index in [9.17, 15) is 13.2 Å². The molecule has 0 atom stereocenters. The van der Waals surface area contributed by atoms with Gasteiger partial charge in [0.25, 0.3) is 5.89 Å². The summed E-state index contributed by atoms with van der Waals surface area (Å²) in [6.45, 7) is 4.60. The number of hydrogen-bond acceptors (Lipinski definition) is 4. The van der Waals surface area contributed by atoms with Crippen LogP contribution in [0.2, 0.25) is 0 Å². The van der Waals surface area contributed by atoms with Gasteiger partial charge in [0.05, 0.1) is 5.56 Å². The first-order chi connectivity index (χ1) is 15.8. The molecule has 0 aliphatic rings. The Morgan fingerprint density at radius 2 is 1.67 bits per heavy atom. The summed E-state index contributed by atoms with van der Waals surface area (Å²) in [5, 5.41) is 7.16. The van der Waals surface area contributed by atoms with E-state index in [0.717, 1.165) is 35.7 Å². The van der Waals surface area contributed by atoms with Gasteiger partial charge in [-0.3, -0.25) is 0 Å². The maximum atomic E-state index is 13.9. The first-order valence-electron chi connectivity index (χ1n) is 10.7. The third-order valence-corrected chi connectivity index (χ3v) is 5.65. The fourth-order valence-electron chi connectivity index (χ4n) is 3.94. The molecule has 170 valence electrons. The SMILES string of the molecule is CCc1cc(-c2noc(-c3ccc(-c4ccccc4C)c(C(F)(F)F)c3)n2)ccc1CNC. The maximum Gasteiger partial charge on any atom is 0.417 e. The molecule has 1 aromatic heterocycles. The zero-order valence-electron chi connectivity index (χ0n) is 18.6. The lowest BCUT2D eigenvalue weighted by Gasteiger charge is -2.15. The highest BCUT2D eigenvalue weighted by molar-refractivity contribution is 5.74.